The molecule has 0 saturated carbocycles. The van der Waals surface area contributed by atoms with Crippen molar-refractivity contribution in [3.05, 3.63) is 120 Å². The van der Waals surface area contributed by atoms with Gasteiger partial charge in [-0.25, -0.2) is 0 Å². The minimum Gasteiger partial charge on any atom is -0.333 e. The number of para-hydroxylation sites is 2. The van der Waals surface area contributed by atoms with Gasteiger partial charge in [0.2, 0.25) is 0 Å². The third kappa shape index (κ3) is 3.41. The number of nitriles is 1. The predicted octanol–water partition coefficient (Wildman–Crippen LogP) is 7.29. The molecule has 3 heteroatoms. The van der Waals surface area contributed by atoms with E-state index in [1.165, 1.54) is 38.5 Å². The van der Waals surface area contributed by atoms with Gasteiger partial charge in [0.1, 0.15) is 0 Å². The lowest BCUT2D eigenvalue weighted by Gasteiger charge is -2.25. The molecule has 4 aromatic rings. The molecular weight excluding hydrogens is 402 g/mol. The van der Waals surface area contributed by atoms with Gasteiger partial charge in [-0.05, 0) is 60.2 Å². The molecule has 0 bridgehead atoms. The van der Waals surface area contributed by atoms with Gasteiger partial charge in [0.25, 0.3) is 0 Å². The Bertz CT molecular complexity index is 1500. The van der Waals surface area contributed by atoms with Gasteiger partial charge in [-0.3, -0.25) is 4.98 Å². The lowest BCUT2D eigenvalue weighted by Crippen LogP contribution is -2.11. The van der Waals surface area contributed by atoms with Crippen molar-refractivity contribution in [2.75, 3.05) is 0 Å². The maximum absolute atomic E-state index is 9.18. The maximum Gasteiger partial charge on any atom is 0.0992 e. The highest BCUT2D eigenvalue weighted by Gasteiger charge is 2.21. The first-order valence-corrected chi connectivity index (χ1v) is 11.4. The van der Waals surface area contributed by atoms with Crippen LogP contribution in [0.4, 0.5) is 0 Å². The van der Waals surface area contributed by atoms with E-state index in [2.05, 4.69) is 94.5 Å². The Morgan fingerprint density at radius 3 is 2.21 bits per heavy atom. The number of fused-ring (bicyclic) bond motifs is 3. The van der Waals surface area contributed by atoms with E-state index in [9.17, 15) is 5.26 Å². The van der Waals surface area contributed by atoms with Crippen LogP contribution in [0.25, 0.3) is 27.4 Å². The average Bonchev–Trinajstić information content (AvgIpc) is 3.23. The molecule has 6 rings (SSSR count). The summed E-state index contributed by atoms with van der Waals surface area (Å²) in [6, 6.07) is 23.6. The summed E-state index contributed by atoms with van der Waals surface area (Å²) in [6.45, 7) is 0. The standard InChI is InChI=1S/C30H23N3/c31-20-21-16-17-32-28(18-21)23-14-12-22(13-15-23)24-6-5-7-25(19-24)33-29-10-3-1-8-26(29)27-9-2-4-11-30(27)33/h1-12,14,16-18,25H,13,15,19H2. The molecule has 2 heterocycles. The van der Waals surface area contributed by atoms with Gasteiger partial charge >= 0.3 is 0 Å². The molecule has 0 radical (unpaired) electrons. The molecule has 1 atom stereocenters. The molecule has 0 fully saturated rings. The Morgan fingerprint density at radius 2 is 1.52 bits per heavy atom. The van der Waals surface area contributed by atoms with Crippen molar-refractivity contribution in [2.24, 2.45) is 0 Å². The second-order valence-corrected chi connectivity index (χ2v) is 8.68. The van der Waals surface area contributed by atoms with Crippen LogP contribution >= 0.6 is 0 Å². The lowest BCUT2D eigenvalue weighted by atomic mass is 9.86. The van der Waals surface area contributed by atoms with Gasteiger partial charge in [0.15, 0.2) is 0 Å². The summed E-state index contributed by atoms with van der Waals surface area (Å²) < 4.78 is 2.50. The van der Waals surface area contributed by atoms with Crippen LogP contribution in [0, 0.1) is 11.3 Å². The molecule has 0 aliphatic heterocycles. The lowest BCUT2D eigenvalue weighted by molar-refractivity contribution is 0.629. The molecule has 0 amide bonds. The van der Waals surface area contributed by atoms with Crippen LogP contribution in [0.1, 0.15) is 36.6 Å². The molecule has 33 heavy (non-hydrogen) atoms. The Kier molecular flexibility index (Phi) is 4.78. The highest BCUT2D eigenvalue weighted by atomic mass is 15.0. The number of allylic oxidation sites excluding steroid dienone is 8. The van der Waals surface area contributed by atoms with Crippen molar-refractivity contribution >= 4 is 27.4 Å². The van der Waals surface area contributed by atoms with Crippen molar-refractivity contribution in [1.29, 1.82) is 5.26 Å². The number of hydrogen-bond donors (Lipinski definition) is 0. The summed E-state index contributed by atoms with van der Waals surface area (Å²) >= 11 is 0. The zero-order valence-electron chi connectivity index (χ0n) is 18.3. The SMILES string of the molecule is N#Cc1ccnc(C2=CC=C(C3=CC=CC(n4c5ccccc5c5ccccc54)C3)CC2)c1. The molecule has 2 aromatic carbocycles. The van der Waals surface area contributed by atoms with Crippen LogP contribution in [0.2, 0.25) is 0 Å². The molecule has 2 aromatic heterocycles. The third-order valence-electron chi connectivity index (χ3n) is 6.79. The molecule has 0 N–H and O–H groups in total. The van der Waals surface area contributed by atoms with E-state index in [0.29, 0.717) is 5.56 Å². The first-order valence-electron chi connectivity index (χ1n) is 11.4. The molecule has 0 spiro atoms. The highest BCUT2D eigenvalue weighted by molar-refractivity contribution is 6.08. The van der Waals surface area contributed by atoms with E-state index in [0.717, 1.165) is 25.0 Å². The van der Waals surface area contributed by atoms with E-state index in [-0.39, 0.29) is 6.04 Å². The number of hydrogen-bond acceptors (Lipinski definition) is 2. The third-order valence-corrected chi connectivity index (χ3v) is 6.79. The molecule has 3 nitrogen and oxygen atoms in total. The fraction of sp³-hybridized carbons (Fsp3) is 0.133. The summed E-state index contributed by atoms with van der Waals surface area (Å²) in [7, 11) is 0. The van der Waals surface area contributed by atoms with E-state index in [1.807, 2.05) is 6.07 Å². The first kappa shape index (κ1) is 19.5. The summed E-state index contributed by atoms with van der Waals surface area (Å²) in [5.41, 5.74) is 8.14. The minimum atomic E-state index is 0.287. The van der Waals surface area contributed by atoms with E-state index in [1.54, 1.807) is 12.3 Å². The van der Waals surface area contributed by atoms with Crippen molar-refractivity contribution in [2.45, 2.75) is 25.3 Å². The molecule has 158 valence electrons. The van der Waals surface area contributed by atoms with Crippen LogP contribution in [0.3, 0.4) is 0 Å². The van der Waals surface area contributed by atoms with Gasteiger partial charge in [-0.1, -0.05) is 66.8 Å². The van der Waals surface area contributed by atoms with E-state index in [4.69, 9.17) is 0 Å². The smallest absolute Gasteiger partial charge is 0.0992 e. The van der Waals surface area contributed by atoms with Crippen molar-refractivity contribution in [1.82, 2.24) is 9.55 Å². The number of nitrogens with zero attached hydrogens (tertiary/aromatic N) is 3. The van der Waals surface area contributed by atoms with Crippen LogP contribution in [0.15, 0.2) is 108 Å². The van der Waals surface area contributed by atoms with Crippen LogP contribution in [-0.4, -0.2) is 9.55 Å². The quantitative estimate of drug-likeness (QED) is 0.346. The Balaban J connectivity index is 1.33. The molecule has 2 aliphatic carbocycles. The van der Waals surface area contributed by atoms with Crippen molar-refractivity contribution in [3.8, 4) is 6.07 Å². The number of pyridine rings is 1. The monoisotopic (exact) mass is 425 g/mol. The molecule has 2 aliphatic rings. The summed E-state index contributed by atoms with van der Waals surface area (Å²) in [4.78, 5) is 4.47. The Labute approximate surface area is 193 Å². The molecule has 1 unspecified atom stereocenters. The largest absolute Gasteiger partial charge is 0.333 e. The Hall–Kier alpha value is -4.16. The zero-order valence-corrected chi connectivity index (χ0v) is 18.3. The number of aromatic nitrogens is 2. The predicted molar refractivity (Wildman–Crippen MR) is 135 cm³/mol. The van der Waals surface area contributed by atoms with E-state index >= 15 is 0 Å². The van der Waals surface area contributed by atoms with Crippen molar-refractivity contribution in [3.63, 3.8) is 0 Å². The second-order valence-electron chi connectivity index (χ2n) is 8.68. The fourth-order valence-corrected chi connectivity index (χ4v) is 5.18. The van der Waals surface area contributed by atoms with Crippen molar-refractivity contribution < 1.29 is 0 Å². The normalized spacial score (nSPS) is 18.0. The highest BCUT2D eigenvalue weighted by Crippen LogP contribution is 2.39. The molecule has 0 saturated heterocycles. The summed E-state index contributed by atoms with van der Waals surface area (Å²) in [5, 5.41) is 11.8. The Morgan fingerprint density at radius 1 is 0.818 bits per heavy atom. The van der Waals surface area contributed by atoms with Gasteiger partial charge < -0.3 is 4.57 Å². The summed E-state index contributed by atoms with van der Waals surface area (Å²) in [5.74, 6) is 0. The van der Waals surface area contributed by atoms with Gasteiger partial charge in [0, 0.05) is 28.0 Å². The number of benzene rings is 2. The molecular formula is C30H23N3. The van der Waals surface area contributed by atoms with Crippen LogP contribution < -0.4 is 0 Å². The average molecular weight is 426 g/mol. The number of rotatable bonds is 3. The van der Waals surface area contributed by atoms with Crippen LogP contribution in [0.5, 0.6) is 0 Å². The second kappa shape index (κ2) is 8.07. The van der Waals surface area contributed by atoms with Gasteiger partial charge in [-0.2, -0.15) is 5.26 Å². The summed E-state index contributed by atoms with van der Waals surface area (Å²) in [6.07, 6.45) is 15.9. The van der Waals surface area contributed by atoms with Crippen LogP contribution in [-0.2, 0) is 0 Å². The maximum atomic E-state index is 9.18. The topological polar surface area (TPSA) is 41.6 Å². The first-order chi connectivity index (χ1) is 16.3. The van der Waals surface area contributed by atoms with Gasteiger partial charge in [-0.15, -0.1) is 0 Å². The fourth-order valence-electron chi connectivity index (χ4n) is 5.18. The zero-order chi connectivity index (χ0) is 22.2. The minimum absolute atomic E-state index is 0.287. The van der Waals surface area contributed by atoms with Gasteiger partial charge in [0.05, 0.1) is 23.4 Å². The van der Waals surface area contributed by atoms with E-state index < -0.39 is 0 Å².